The molecular formula is C23H23FN8O2. The first-order valence-corrected chi connectivity index (χ1v) is 10.7. The first-order chi connectivity index (χ1) is 16.5. The second-order valence-corrected chi connectivity index (χ2v) is 8.10. The summed E-state index contributed by atoms with van der Waals surface area (Å²) >= 11 is 0. The van der Waals surface area contributed by atoms with Gasteiger partial charge in [-0.3, -0.25) is 9.48 Å². The van der Waals surface area contributed by atoms with E-state index in [0.29, 0.717) is 23.0 Å². The number of ether oxygens (including phenoxy) is 1. The monoisotopic (exact) mass is 462 g/mol. The number of anilines is 3. The van der Waals surface area contributed by atoms with Crippen LogP contribution in [0.3, 0.4) is 0 Å². The molecule has 10 nitrogen and oxygen atoms in total. The van der Waals surface area contributed by atoms with Crippen molar-refractivity contribution in [2.24, 2.45) is 0 Å². The molecule has 0 aliphatic carbocycles. The lowest BCUT2D eigenvalue weighted by Crippen LogP contribution is -2.16. The second kappa shape index (κ2) is 8.94. The smallest absolute Gasteiger partial charge is 0.247 e. The van der Waals surface area contributed by atoms with E-state index in [4.69, 9.17) is 4.74 Å². The molecule has 3 N–H and O–H groups in total. The summed E-state index contributed by atoms with van der Waals surface area (Å²) in [6, 6.07) is 5.99. The van der Waals surface area contributed by atoms with E-state index in [2.05, 4.69) is 49.2 Å². The van der Waals surface area contributed by atoms with E-state index in [9.17, 15) is 9.18 Å². The second-order valence-electron chi connectivity index (χ2n) is 8.10. The molecule has 0 spiro atoms. The largest absolute Gasteiger partial charge is 0.438 e. The van der Waals surface area contributed by atoms with Crippen LogP contribution in [0.15, 0.2) is 55.5 Å². The summed E-state index contributed by atoms with van der Waals surface area (Å²) in [6.45, 7) is 5.39. The molecule has 1 aliphatic rings. The van der Waals surface area contributed by atoms with Crippen molar-refractivity contribution < 1.29 is 13.9 Å². The van der Waals surface area contributed by atoms with Crippen LogP contribution in [0.5, 0.6) is 11.6 Å². The van der Waals surface area contributed by atoms with Crippen LogP contribution in [0, 0.1) is 5.82 Å². The lowest BCUT2D eigenvalue weighted by molar-refractivity contribution is -0.111. The number of nitrogens with one attached hydrogen (secondary N) is 3. The number of halogens is 1. The highest BCUT2D eigenvalue weighted by atomic mass is 19.1. The summed E-state index contributed by atoms with van der Waals surface area (Å²) in [7, 11) is 2.10. The van der Waals surface area contributed by atoms with Crippen molar-refractivity contribution >= 4 is 34.3 Å². The maximum Gasteiger partial charge on any atom is 0.247 e. The predicted octanol–water partition coefficient (Wildman–Crippen LogP) is 3.83. The van der Waals surface area contributed by atoms with Crippen LogP contribution in [0.4, 0.5) is 21.7 Å². The molecule has 1 aliphatic heterocycles. The van der Waals surface area contributed by atoms with E-state index in [1.165, 1.54) is 18.2 Å². The third kappa shape index (κ3) is 4.59. The average molecular weight is 462 g/mol. The number of hydrogen-bond donors (Lipinski definition) is 3. The molecule has 5 rings (SSSR count). The maximum atomic E-state index is 14.1. The number of rotatable bonds is 7. The Balaban J connectivity index is 1.40. The quantitative estimate of drug-likeness (QED) is 0.358. The summed E-state index contributed by atoms with van der Waals surface area (Å²) in [4.78, 5) is 25.9. The van der Waals surface area contributed by atoms with Crippen molar-refractivity contribution in [1.82, 2.24) is 29.6 Å². The Labute approximate surface area is 194 Å². The minimum atomic E-state index is -0.570. The molecule has 4 aromatic rings. The fraction of sp³-hybridized carbons (Fsp3) is 0.217. The molecule has 1 saturated heterocycles. The Morgan fingerprint density at radius 3 is 3.00 bits per heavy atom. The summed E-state index contributed by atoms with van der Waals surface area (Å²) in [6.07, 6.45) is 7.51. The first-order valence-electron chi connectivity index (χ1n) is 10.7. The molecule has 11 heteroatoms. The average Bonchev–Trinajstić information content (AvgIpc) is 3.54. The molecule has 0 saturated carbocycles. The fourth-order valence-electron chi connectivity index (χ4n) is 3.90. The number of carbonyl (C=O) groups is 1. The number of fused-ring (bicyclic) bond motifs is 1. The molecule has 4 heterocycles. The van der Waals surface area contributed by atoms with Gasteiger partial charge in [0.2, 0.25) is 17.7 Å². The van der Waals surface area contributed by atoms with Gasteiger partial charge in [-0.25, -0.2) is 4.39 Å². The number of likely N-dealkylation sites (tertiary alicyclic amines) is 1. The lowest BCUT2D eigenvalue weighted by atomic mass is 10.3. The van der Waals surface area contributed by atoms with Crippen molar-refractivity contribution in [1.29, 1.82) is 0 Å². The van der Waals surface area contributed by atoms with Crippen LogP contribution in [0.1, 0.15) is 12.5 Å². The Kier molecular flexibility index (Phi) is 5.68. The summed E-state index contributed by atoms with van der Waals surface area (Å²) in [5.41, 5.74) is 1.53. The van der Waals surface area contributed by atoms with Gasteiger partial charge in [0.25, 0.3) is 0 Å². The van der Waals surface area contributed by atoms with Crippen molar-refractivity contribution in [3.8, 4) is 11.6 Å². The summed E-state index contributed by atoms with van der Waals surface area (Å²) in [5, 5.41) is 10.8. The zero-order chi connectivity index (χ0) is 23.7. The number of benzene rings is 1. The van der Waals surface area contributed by atoms with E-state index in [-0.39, 0.29) is 17.3 Å². The zero-order valence-electron chi connectivity index (χ0n) is 18.5. The van der Waals surface area contributed by atoms with Gasteiger partial charge >= 0.3 is 0 Å². The van der Waals surface area contributed by atoms with E-state index < -0.39 is 11.7 Å². The van der Waals surface area contributed by atoms with Crippen LogP contribution < -0.4 is 15.4 Å². The topological polar surface area (TPSA) is 113 Å². The van der Waals surface area contributed by atoms with Gasteiger partial charge in [-0.2, -0.15) is 15.1 Å². The number of aromatic nitrogens is 5. The number of amides is 1. The summed E-state index contributed by atoms with van der Waals surface area (Å²) < 4.78 is 22.0. The van der Waals surface area contributed by atoms with Crippen molar-refractivity contribution in [3.05, 3.63) is 61.3 Å². The van der Waals surface area contributed by atoms with Crippen molar-refractivity contribution in [3.63, 3.8) is 0 Å². The van der Waals surface area contributed by atoms with Gasteiger partial charge in [0.05, 0.1) is 23.3 Å². The van der Waals surface area contributed by atoms with Crippen LogP contribution >= 0.6 is 0 Å². The van der Waals surface area contributed by atoms with E-state index >= 15 is 0 Å². The third-order valence-electron chi connectivity index (χ3n) is 5.52. The van der Waals surface area contributed by atoms with Gasteiger partial charge in [0.15, 0.2) is 0 Å². The van der Waals surface area contributed by atoms with Gasteiger partial charge < -0.3 is 25.3 Å². The van der Waals surface area contributed by atoms with Gasteiger partial charge in [0.1, 0.15) is 17.2 Å². The molecule has 174 valence electrons. The van der Waals surface area contributed by atoms with E-state index in [0.717, 1.165) is 31.3 Å². The SMILES string of the molecule is C=CC(=O)Nc1cc(F)cc(Oc2nc(Nc3cnn(C4CCN(C)C4)c3)nc3[nH]ccc23)c1. The lowest BCUT2D eigenvalue weighted by Gasteiger charge is -2.11. The molecule has 1 amide bonds. The normalized spacial score (nSPS) is 16.0. The van der Waals surface area contributed by atoms with Gasteiger partial charge in [-0.05, 0) is 38.2 Å². The van der Waals surface area contributed by atoms with Gasteiger partial charge in [0, 0.05) is 36.8 Å². The minimum absolute atomic E-state index is 0.171. The molecule has 1 aromatic carbocycles. The van der Waals surface area contributed by atoms with Crippen LogP contribution in [-0.2, 0) is 4.79 Å². The van der Waals surface area contributed by atoms with Crippen molar-refractivity contribution in [2.45, 2.75) is 12.5 Å². The van der Waals surface area contributed by atoms with Crippen LogP contribution in [0.2, 0.25) is 0 Å². The Hall–Kier alpha value is -4.25. The van der Waals surface area contributed by atoms with E-state index in [1.54, 1.807) is 18.5 Å². The molecule has 3 aromatic heterocycles. The first kappa shape index (κ1) is 21.6. The number of aromatic amines is 1. The fourth-order valence-corrected chi connectivity index (χ4v) is 3.90. The molecule has 0 bridgehead atoms. The highest BCUT2D eigenvalue weighted by Gasteiger charge is 2.22. The predicted molar refractivity (Wildman–Crippen MR) is 126 cm³/mol. The molecule has 34 heavy (non-hydrogen) atoms. The minimum Gasteiger partial charge on any atom is -0.438 e. The maximum absolute atomic E-state index is 14.1. The Morgan fingerprint density at radius 1 is 1.32 bits per heavy atom. The standard InChI is InChI=1S/C23H23FN8O2/c1-3-20(33)27-15-8-14(24)9-18(10-15)34-22-19-4-6-25-21(19)29-23(30-22)28-16-11-26-32(12-16)17-5-7-31(2)13-17/h3-4,6,8-12,17H,1,5,7,13H2,2H3,(H,27,33)(H2,25,28,29,30). The molecule has 1 atom stereocenters. The van der Waals surface area contributed by atoms with Crippen LogP contribution in [0.25, 0.3) is 11.0 Å². The number of hydrogen-bond acceptors (Lipinski definition) is 7. The molecule has 0 radical (unpaired) electrons. The zero-order valence-corrected chi connectivity index (χ0v) is 18.5. The van der Waals surface area contributed by atoms with Gasteiger partial charge in [-0.1, -0.05) is 6.58 Å². The number of carbonyl (C=O) groups excluding carboxylic acids is 1. The van der Waals surface area contributed by atoms with E-state index in [1.807, 2.05) is 10.9 Å². The highest BCUT2D eigenvalue weighted by molar-refractivity contribution is 5.99. The Morgan fingerprint density at radius 2 is 2.21 bits per heavy atom. The number of nitrogens with zero attached hydrogens (tertiary/aromatic N) is 5. The Bertz CT molecular complexity index is 1360. The summed E-state index contributed by atoms with van der Waals surface area (Å²) in [5.74, 6) is -0.332. The van der Waals surface area contributed by atoms with Crippen LogP contribution in [-0.4, -0.2) is 55.7 Å². The molecular weight excluding hydrogens is 439 g/mol. The molecule has 1 fully saturated rings. The molecule has 1 unspecified atom stereocenters. The highest BCUT2D eigenvalue weighted by Crippen LogP contribution is 2.31. The third-order valence-corrected chi connectivity index (χ3v) is 5.52. The number of likely N-dealkylation sites (N-methyl/N-ethyl adjacent to an activating group) is 1. The van der Waals surface area contributed by atoms with Gasteiger partial charge in [-0.15, -0.1) is 0 Å². The van der Waals surface area contributed by atoms with Crippen molar-refractivity contribution in [2.75, 3.05) is 30.8 Å². The number of H-pyrrole nitrogens is 1.